The molecule has 1 fully saturated rings. The molecule has 0 spiro atoms. The number of nitrogens with zero attached hydrogens (tertiary/aromatic N) is 3. The summed E-state index contributed by atoms with van der Waals surface area (Å²) in [6, 6.07) is 1.97. The molecule has 1 amide bonds. The van der Waals surface area contributed by atoms with Crippen LogP contribution < -0.4 is 10.2 Å². The Kier molecular flexibility index (Phi) is 4.57. The van der Waals surface area contributed by atoms with Crippen LogP contribution in [0, 0.1) is 32.1 Å². The predicted octanol–water partition coefficient (Wildman–Crippen LogP) is 1.06. The largest absolute Gasteiger partial charge is 0.356 e. The number of carbonyl (C=O) groups is 1. The van der Waals surface area contributed by atoms with E-state index in [1.165, 1.54) is 0 Å². The average molecular weight is 272 g/mol. The van der Waals surface area contributed by atoms with E-state index in [4.69, 9.17) is 6.42 Å². The maximum absolute atomic E-state index is 12.0. The first-order valence-corrected chi connectivity index (χ1v) is 6.88. The van der Waals surface area contributed by atoms with E-state index in [1.807, 2.05) is 19.9 Å². The lowest BCUT2D eigenvalue weighted by Crippen LogP contribution is -2.43. The SMILES string of the molecule is C#CCNC(=O)C1CCCN(c2cc(C)nc(C)n2)C1. The van der Waals surface area contributed by atoms with Gasteiger partial charge in [-0.2, -0.15) is 0 Å². The lowest BCUT2D eigenvalue weighted by Gasteiger charge is -2.33. The number of anilines is 1. The Balaban J connectivity index is 2.06. The molecule has 1 aromatic heterocycles. The highest BCUT2D eigenvalue weighted by atomic mass is 16.1. The van der Waals surface area contributed by atoms with Crippen LogP contribution in [0.2, 0.25) is 0 Å². The molecule has 2 rings (SSSR count). The lowest BCUT2D eigenvalue weighted by atomic mass is 9.97. The predicted molar refractivity (Wildman–Crippen MR) is 78.3 cm³/mol. The fraction of sp³-hybridized carbons (Fsp3) is 0.533. The molecule has 0 radical (unpaired) electrons. The highest BCUT2D eigenvalue weighted by Crippen LogP contribution is 2.22. The van der Waals surface area contributed by atoms with E-state index in [2.05, 4.69) is 26.1 Å². The summed E-state index contributed by atoms with van der Waals surface area (Å²) in [6.07, 6.45) is 7.05. The number of rotatable bonds is 3. The first-order valence-electron chi connectivity index (χ1n) is 6.88. The summed E-state index contributed by atoms with van der Waals surface area (Å²) in [6.45, 7) is 5.75. The van der Waals surface area contributed by atoms with Crippen LogP contribution in [0.15, 0.2) is 6.07 Å². The highest BCUT2D eigenvalue weighted by molar-refractivity contribution is 5.79. The van der Waals surface area contributed by atoms with Gasteiger partial charge < -0.3 is 10.2 Å². The number of piperidine rings is 1. The van der Waals surface area contributed by atoms with Crippen molar-refractivity contribution in [3.8, 4) is 12.3 Å². The molecule has 0 aromatic carbocycles. The summed E-state index contributed by atoms with van der Waals surface area (Å²) in [7, 11) is 0. The van der Waals surface area contributed by atoms with E-state index in [1.54, 1.807) is 0 Å². The van der Waals surface area contributed by atoms with Gasteiger partial charge in [-0.15, -0.1) is 6.42 Å². The summed E-state index contributed by atoms with van der Waals surface area (Å²) < 4.78 is 0. The molecular formula is C15H20N4O. The first kappa shape index (κ1) is 14.3. The van der Waals surface area contributed by atoms with Crippen molar-refractivity contribution in [1.29, 1.82) is 0 Å². The molecule has 5 heteroatoms. The van der Waals surface area contributed by atoms with Crippen molar-refractivity contribution in [3.63, 3.8) is 0 Å². The van der Waals surface area contributed by atoms with E-state index in [0.717, 1.165) is 36.7 Å². The van der Waals surface area contributed by atoms with Crippen molar-refractivity contribution in [3.05, 3.63) is 17.6 Å². The lowest BCUT2D eigenvalue weighted by molar-refractivity contribution is -0.124. The fourth-order valence-corrected chi connectivity index (χ4v) is 2.54. The van der Waals surface area contributed by atoms with E-state index < -0.39 is 0 Å². The second-order valence-corrected chi connectivity index (χ2v) is 5.12. The van der Waals surface area contributed by atoms with Crippen molar-refractivity contribution in [2.24, 2.45) is 5.92 Å². The van der Waals surface area contributed by atoms with Gasteiger partial charge in [-0.3, -0.25) is 4.79 Å². The van der Waals surface area contributed by atoms with Crippen LogP contribution in [0.1, 0.15) is 24.4 Å². The number of carbonyl (C=O) groups excluding carboxylic acids is 1. The summed E-state index contributed by atoms with van der Waals surface area (Å²) in [5, 5.41) is 2.76. The molecule has 20 heavy (non-hydrogen) atoms. The molecule has 1 N–H and O–H groups in total. The third-order valence-corrected chi connectivity index (χ3v) is 3.43. The molecule has 1 aliphatic rings. The minimum absolute atomic E-state index is 0.0207. The molecule has 1 saturated heterocycles. The zero-order chi connectivity index (χ0) is 14.5. The molecule has 0 aliphatic carbocycles. The fourth-order valence-electron chi connectivity index (χ4n) is 2.54. The van der Waals surface area contributed by atoms with Crippen LogP contribution in [-0.2, 0) is 4.79 Å². The molecule has 1 aliphatic heterocycles. The molecular weight excluding hydrogens is 252 g/mol. The molecule has 0 saturated carbocycles. The maximum Gasteiger partial charge on any atom is 0.225 e. The van der Waals surface area contributed by atoms with Crippen LogP contribution in [0.5, 0.6) is 0 Å². The van der Waals surface area contributed by atoms with Crippen molar-refractivity contribution in [2.45, 2.75) is 26.7 Å². The molecule has 1 aromatic rings. The van der Waals surface area contributed by atoms with Gasteiger partial charge in [-0.25, -0.2) is 9.97 Å². The monoisotopic (exact) mass is 272 g/mol. The molecule has 1 unspecified atom stereocenters. The highest BCUT2D eigenvalue weighted by Gasteiger charge is 2.26. The van der Waals surface area contributed by atoms with Gasteiger partial charge in [-0.05, 0) is 26.7 Å². The van der Waals surface area contributed by atoms with E-state index in [9.17, 15) is 4.79 Å². The summed E-state index contributed by atoms with van der Waals surface area (Å²) in [5.74, 6) is 4.12. The summed E-state index contributed by atoms with van der Waals surface area (Å²) in [4.78, 5) is 22.9. The third-order valence-electron chi connectivity index (χ3n) is 3.43. The van der Waals surface area contributed by atoms with Crippen molar-refractivity contribution >= 4 is 11.7 Å². The van der Waals surface area contributed by atoms with Gasteiger partial charge in [-0.1, -0.05) is 5.92 Å². The third kappa shape index (κ3) is 3.47. The van der Waals surface area contributed by atoms with Crippen molar-refractivity contribution in [2.75, 3.05) is 24.5 Å². The Morgan fingerprint density at radius 3 is 3.05 bits per heavy atom. The van der Waals surface area contributed by atoms with Gasteiger partial charge in [0.15, 0.2) is 0 Å². The Morgan fingerprint density at radius 1 is 1.55 bits per heavy atom. The van der Waals surface area contributed by atoms with Crippen molar-refractivity contribution < 1.29 is 4.79 Å². The molecule has 1 atom stereocenters. The second kappa shape index (κ2) is 6.38. The van der Waals surface area contributed by atoms with Crippen LogP contribution in [0.3, 0.4) is 0 Å². The number of nitrogens with one attached hydrogen (secondary N) is 1. The molecule has 2 heterocycles. The van der Waals surface area contributed by atoms with Gasteiger partial charge in [0.2, 0.25) is 5.91 Å². The number of aryl methyl sites for hydroxylation is 2. The smallest absolute Gasteiger partial charge is 0.225 e. The number of amides is 1. The van der Waals surface area contributed by atoms with Gasteiger partial charge in [0.1, 0.15) is 11.6 Å². The van der Waals surface area contributed by atoms with E-state index >= 15 is 0 Å². The van der Waals surface area contributed by atoms with E-state index in [-0.39, 0.29) is 11.8 Å². The average Bonchev–Trinajstić information content (AvgIpc) is 2.44. The molecule has 106 valence electrons. The van der Waals surface area contributed by atoms with Crippen molar-refractivity contribution in [1.82, 2.24) is 15.3 Å². The van der Waals surface area contributed by atoms with Gasteiger partial charge >= 0.3 is 0 Å². The normalized spacial score (nSPS) is 18.4. The molecule has 5 nitrogen and oxygen atoms in total. The minimum Gasteiger partial charge on any atom is -0.356 e. The van der Waals surface area contributed by atoms with Crippen LogP contribution in [0.25, 0.3) is 0 Å². The zero-order valence-corrected chi connectivity index (χ0v) is 12.0. The maximum atomic E-state index is 12.0. The number of terminal acetylenes is 1. The first-order chi connectivity index (χ1) is 9.60. The number of hydrogen-bond acceptors (Lipinski definition) is 4. The number of aromatic nitrogens is 2. The van der Waals surface area contributed by atoms with E-state index in [0.29, 0.717) is 13.1 Å². The summed E-state index contributed by atoms with van der Waals surface area (Å²) >= 11 is 0. The van der Waals surface area contributed by atoms with Crippen LogP contribution in [0.4, 0.5) is 5.82 Å². The van der Waals surface area contributed by atoms with Crippen LogP contribution in [-0.4, -0.2) is 35.5 Å². The Bertz CT molecular complexity index is 515. The zero-order valence-electron chi connectivity index (χ0n) is 12.0. The van der Waals surface area contributed by atoms with Gasteiger partial charge in [0, 0.05) is 24.8 Å². The second-order valence-electron chi connectivity index (χ2n) is 5.12. The molecule has 0 bridgehead atoms. The Hall–Kier alpha value is -2.09. The Morgan fingerprint density at radius 2 is 2.35 bits per heavy atom. The Labute approximate surface area is 119 Å². The van der Waals surface area contributed by atoms with Gasteiger partial charge in [0.05, 0.1) is 12.5 Å². The summed E-state index contributed by atoms with van der Waals surface area (Å²) in [5.41, 5.74) is 0.950. The standard InChI is InChI=1S/C15H20N4O/c1-4-7-16-15(20)13-6-5-8-19(10-13)14-9-11(2)17-12(3)18-14/h1,9,13H,5-8,10H2,2-3H3,(H,16,20). The topological polar surface area (TPSA) is 58.1 Å². The number of hydrogen-bond donors (Lipinski definition) is 1. The quantitative estimate of drug-likeness (QED) is 0.836. The van der Waals surface area contributed by atoms with Crippen LogP contribution >= 0.6 is 0 Å². The minimum atomic E-state index is -0.0207. The van der Waals surface area contributed by atoms with Gasteiger partial charge in [0.25, 0.3) is 0 Å².